The highest BCUT2D eigenvalue weighted by Crippen LogP contribution is 2.19. The van der Waals surface area contributed by atoms with E-state index >= 15 is 0 Å². The van der Waals surface area contributed by atoms with Gasteiger partial charge in [-0.25, -0.2) is 0 Å². The average molecular weight is 220 g/mol. The van der Waals surface area contributed by atoms with Gasteiger partial charge in [0.1, 0.15) is 11.5 Å². The highest BCUT2D eigenvalue weighted by atomic mass is 16.5. The van der Waals surface area contributed by atoms with Crippen LogP contribution < -0.4 is 4.74 Å². The minimum absolute atomic E-state index is 0.788. The smallest absolute Gasteiger partial charge is 0.121 e. The Kier molecular flexibility index (Phi) is 5.48. The van der Waals surface area contributed by atoms with Crippen LogP contribution in [-0.2, 0) is 4.74 Å². The third-order valence-electron chi connectivity index (χ3n) is 2.39. The lowest BCUT2D eigenvalue weighted by Crippen LogP contribution is -1.96. The second-order valence-electron chi connectivity index (χ2n) is 3.58. The van der Waals surface area contributed by atoms with Crippen molar-refractivity contribution < 1.29 is 9.47 Å². The first-order chi connectivity index (χ1) is 7.81. The van der Waals surface area contributed by atoms with Crippen LogP contribution >= 0.6 is 0 Å². The first kappa shape index (κ1) is 12.6. The summed E-state index contributed by atoms with van der Waals surface area (Å²) in [5.74, 6) is 1.81. The molecule has 0 saturated carbocycles. The molecule has 2 nitrogen and oxygen atoms in total. The highest BCUT2D eigenvalue weighted by molar-refractivity contribution is 5.59. The molecule has 0 heterocycles. The van der Waals surface area contributed by atoms with Crippen LogP contribution in [-0.4, -0.2) is 13.7 Å². The maximum absolute atomic E-state index is 5.59. The molecule has 0 aliphatic rings. The van der Waals surface area contributed by atoms with Gasteiger partial charge in [-0.2, -0.15) is 0 Å². The third-order valence-corrected chi connectivity index (χ3v) is 2.39. The molecule has 0 aliphatic carbocycles. The number of ether oxygens (including phenoxy) is 2. The summed E-state index contributed by atoms with van der Waals surface area (Å²) in [6, 6.07) is 7.99. The van der Waals surface area contributed by atoms with Gasteiger partial charge in [0, 0.05) is 5.56 Å². The summed E-state index contributed by atoms with van der Waals surface area (Å²) in [5.41, 5.74) is 1.08. The molecule has 16 heavy (non-hydrogen) atoms. The average Bonchev–Trinajstić information content (AvgIpc) is 2.33. The number of allylic oxidation sites excluding steroid dienone is 1. The van der Waals surface area contributed by atoms with Crippen LogP contribution in [0.3, 0.4) is 0 Å². The van der Waals surface area contributed by atoms with E-state index in [4.69, 9.17) is 9.47 Å². The quantitative estimate of drug-likeness (QED) is 0.535. The summed E-state index contributed by atoms with van der Waals surface area (Å²) in [5, 5.41) is 0. The number of methoxy groups -OCH3 is 1. The van der Waals surface area contributed by atoms with E-state index in [1.165, 1.54) is 0 Å². The molecule has 0 unspecified atom stereocenters. The molecule has 88 valence electrons. The van der Waals surface area contributed by atoms with E-state index in [0.717, 1.165) is 36.5 Å². The second kappa shape index (κ2) is 6.94. The Bertz CT molecular complexity index is 325. The van der Waals surface area contributed by atoms with Crippen molar-refractivity contribution in [3.05, 3.63) is 35.9 Å². The first-order valence-electron chi connectivity index (χ1n) is 5.75. The maximum atomic E-state index is 5.59. The van der Waals surface area contributed by atoms with Crippen LogP contribution in [0.25, 0.3) is 5.76 Å². The van der Waals surface area contributed by atoms with Crippen LogP contribution in [0.4, 0.5) is 0 Å². The summed E-state index contributed by atoms with van der Waals surface area (Å²) < 4.78 is 10.8. The second-order valence-corrected chi connectivity index (χ2v) is 3.58. The van der Waals surface area contributed by atoms with Crippen LogP contribution in [0.2, 0.25) is 0 Å². The molecule has 1 aromatic rings. The number of rotatable bonds is 6. The maximum Gasteiger partial charge on any atom is 0.121 e. The van der Waals surface area contributed by atoms with E-state index in [1.54, 1.807) is 7.11 Å². The van der Waals surface area contributed by atoms with Gasteiger partial charge in [0.05, 0.1) is 13.7 Å². The minimum atomic E-state index is 0.788. The van der Waals surface area contributed by atoms with Crippen molar-refractivity contribution in [3.8, 4) is 5.75 Å². The summed E-state index contributed by atoms with van der Waals surface area (Å²) in [6.45, 7) is 4.91. The largest absolute Gasteiger partial charge is 0.496 e. The van der Waals surface area contributed by atoms with Crippen LogP contribution in [0.5, 0.6) is 5.75 Å². The highest BCUT2D eigenvalue weighted by Gasteiger charge is 2.00. The zero-order valence-corrected chi connectivity index (χ0v) is 10.3. The van der Waals surface area contributed by atoms with E-state index < -0.39 is 0 Å². The zero-order chi connectivity index (χ0) is 11.8. The molecule has 0 aromatic heterocycles. The van der Waals surface area contributed by atoms with Crippen molar-refractivity contribution in [2.75, 3.05) is 13.7 Å². The van der Waals surface area contributed by atoms with E-state index in [9.17, 15) is 0 Å². The first-order valence-corrected chi connectivity index (χ1v) is 5.75. The van der Waals surface area contributed by atoms with E-state index in [0.29, 0.717) is 0 Å². The summed E-state index contributed by atoms with van der Waals surface area (Å²) in [4.78, 5) is 0. The molecule has 0 bridgehead atoms. The molecule has 0 atom stereocenters. The van der Waals surface area contributed by atoms with Crippen molar-refractivity contribution in [2.24, 2.45) is 0 Å². The van der Waals surface area contributed by atoms with Crippen LogP contribution in [0.15, 0.2) is 30.3 Å². The van der Waals surface area contributed by atoms with Crippen molar-refractivity contribution >= 4 is 5.76 Å². The van der Waals surface area contributed by atoms with Gasteiger partial charge in [0.25, 0.3) is 0 Å². The molecule has 0 N–H and O–H groups in total. The Hall–Kier alpha value is -1.44. The molecule has 0 saturated heterocycles. The number of unbranched alkanes of at least 4 members (excludes halogenated alkanes) is 1. The van der Waals surface area contributed by atoms with E-state index in [-0.39, 0.29) is 0 Å². The molecule has 2 heteroatoms. The normalized spacial score (nSPS) is 11.3. The summed E-state index contributed by atoms with van der Waals surface area (Å²) in [6.07, 6.45) is 4.21. The Balaban J connectivity index is 2.60. The molecular formula is C14H20O2. The minimum Gasteiger partial charge on any atom is -0.496 e. The van der Waals surface area contributed by atoms with Gasteiger partial charge < -0.3 is 9.47 Å². The lowest BCUT2D eigenvalue weighted by atomic mass is 10.2. The van der Waals surface area contributed by atoms with E-state index in [2.05, 4.69) is 6.92 Å². The van der Waals surface area contributed by atoms with Gasteiger partial charge in [-0.1, -0.05) is 13.3 Å². The summed E-state index contributed by atoms with van der Waals surface area (Å²) >= 11 is 0. The lowest BCUT2D eigenvalue weighted by molar-refractivity contribution is 0.309. The van der Waals surface area contributed by atoms with E-state index in [1.807, 2.05) is 37.3 Å². The van der Waals surface area contributed by atoms with Gasteiger partial charge in [-0.05, 0) is 43.7 Å². The number of hydrogen-bond acceptors (Lipinski definition) is 2. The number of benzene rings is 1. The Morgan fingerprint density at radius 2 is 1.94 bits per heavy atom. The Morgan fingerprint density at radius 1 is 1.25 bits per heavy atom. The fourth-order valence-corrected chi connectivity index (χ4v) is 1.45. The van der Waals surface area contributed by atoms with Crippen molar-refractivity contribution in [2.45, 2.75) is 26.7 Å². The van der Waals surface area contributed by atoms with Gasteiger partial charge >= 0.3 is 0 Å². The van der Waals surface area contributed by atoms with Crippen LogP contribution in [0, 0.1) is 0 Å². The predicted molar refractivity (Wildman–Crippen MR) is 67.5 cm³/mol. The van der Waals surface area contributed by atoms with Gasteiger partial charge in [-0.15, -0.1) is 0 Å². The standard InChI is InChI=1S/C14H20O2/c1-4-6-11-16-13-9-7-12(8-10-13)14(5-2)15-3/h5,7-10H,4,6,11H2,1-3H3. The fraction of sp³-hybridized carbons (Fsp3) is 0.429. The van der Waals surface area contributed by atoms with Crippen molar-refractivity contribution in [1.82, 2.24) is 0 Å². The third kappa shape index (κ3) is 3.61. The molecular weight excluding hydrogens is 200 g/mol. The van der Waals surface area contributed by atoms with Gasteiger partial charge in [-0.3, -0.25) is 0 Å². The molecule has 0 fully saturated rings. The molecule has 1 aromatic carbocycles. The topological polar surface area (TPSA) is 18.5 Å². The molecule has 1 rings (SSSR count). The molecule has 0 aliphatic heterocycles. The molecule has 0 radical (unpaired) electrons. The monoisotopic (exact) mass is 220 g/mol. The zero-order valence-electron chi connectivity index (χ0n) is 10.3. The molecule has 0 spiro atoms. The molecule has 0 amide bonds. The van der Waals surface area contributed by atoms with Crippen molar-refractivity contribution in [1.29, 1.82) is 0 Å². The summed E-state index contributed by atoms with van der Waals surface area (Å²) in [7, 11) is 1.68. The van der Waals surface area contributed by atoms with Crippen LogP contribution in [0.1, 0.15) is 32.3 Å². The number of hydrogen-bond donors (Lipinski definition) is 0. The van der Waals surface area contributed by atoms with Crippen molar-refractivity contribution in [3.63, 3.8) is 0 Å². The SMILES string of the molecule is CC=C(OC)c1ccc(OCCCC)cc1. The lowest BCUT2D eigenvalue weighted by Gasteiger charge is -2.08. The Labute approximate surface area is 97.9 Å². The predicted octanol–water partition coefficient (Wildman–Crippen LogP) is 3.87. The van der Waals surface area contributed by atoms with Gasteiger partial charge in [0.2, 0.25) is 0 Å². The fourth-order valence-electron chi connectivity index (χ4n) is 1.45. The Morgan fingerprint density at radius 3 is 2.44 bits per heavy atom. The van der Waals surface area contributed by atoms with Gasteiger partial charge in [0.15, 0.2) is 0 Å².